The third-order valence-corrected chi connectivity index (χ3v) is 7.00. The minimum Gasteiger partial charge on any atom is -0.496 e. The van der Waals surface area contributed by atoms with Crippen molar-refractivity contribution in [2.75, 3.05) is 7.11 Å². The van der Waals surface area contributed by atoms with Crippen molar-refractivity contribution in [3.63, 3.8) is 0 Å². The fourth-order valence-electron chi connectivity index (χ4n) is 6.53. The number of methoxy groups -OCH3 is 1. The van der Waals surface area contributed by atoms with Gasteiger partial charge in [0.1, 0.15) is 5.75 Å². The summed E-state index contributed by atoms with van der Waals surface area (Å²) in [6.45, 7) is 6.62. The Morgan fingerprint density at radius 2 is 1.69 bits per heavy atom. The third-order valence-electron chi connectivity index (χ3n) is 7.00. The lowest BCUT2D eigenvalue weighted by atomic mass is 9.48. The van der Waals surface area contributed by atoms with Crippen LogP contribution in [0.2, 0.25) is 0 Å². The van der Waals surface area contributed by atoms with Crippen molar-refractivity contribution in [3.8, 4) is 5.75 Å². The largest absolute Gasteiger partial charge is 0.496 e. The standard InChI is InChI=1S/C25H34O/c1-5-6-21(9-17(2)3)22-7-8-24(26-4)23(13-22)25-14-18-10-19(15-25)12-20(11-18)16-25/h5-9,13,17-20H,10-12,14-16H2,1-4H3. The fourth-order valence-corrected chi connectivity index (χ4v) is 6.53. The Bertz CT molecular complexity index is 686. The van der Waals surface area contributed by atoms with Crippen LogP contribution in [-0.2, 0) is 5.41 Å². The van der Waals surface area contributed by atoms with Crippen LogP contribution in [0.4, 0.5) is 0 Å². The molecule has 1 heteroatoms. The summed E-state index contributed by atoms with van der Waals surface area (Å²) < 4.78 is 5.87. The first kappa shape index (κ1) is 17.9. The molecule has 0 saturated heterocycles. The van der Waals surface area contributed by atoms with Crippen molar-refractivity contribution in [2.45, 2.75) is 64.7 Å². The molecule has 26 heavy (non-hydrogen) atoms. The Kier molecular flexibility index (Phi) is 4.75. The van der Waals surface area contributed by atoms with Crippen LogP contribution in [0.3, 0.4) is 0 Å². The molecule has 1 nitrogen and oxygen atoms in total. The molecule has 4 bridgehead atoms. The quantitative estimate of drug-likeness (QED) is 0.532. The second-order valence-corrected chi connectivity index (χ2v) is 9.48. The van der Waals surface area contributed by atoms with Gasteiger partial charge in [-0.1, -0.05) is 38.1 Å². The zero-order chi connectivity index (χ0) is 18.3. The van der Waals surface area contributed by atoms with Gasteiger partial charge in [0.2, 0.25) is 0 Å². The highest BCUT2D eigenvalue weighted by Crippen LogP contribution is 2.62. The van der Waals surface area contributed by atoms with Crippen LogP contribution in [0.15, 0.2) is 36.4 Å². The van der Waals surface area contributed by atoms with E-state index in [1.165, 1.54) is 55.2 Å². The van der Waals surface area contributed by atoms with Gasteiger partial charge in [0.25, 0.3) is 0 Å². The average Bonchev–Trinajstić information content (AvgIpc) is 2.59. The summed E-state index contributed by atoms with van der Waals surface area (Å²) in [6.07, 6.45) is 15.4. The Balaban J connectivity index is 1.78. The normalized spacial score (nSPS) is 33.4. The minimum absolute atomic E-state index is 0.370. The molecule has 4 aliphatic rings. The van der Waals surface area contributed by atoms with E-state index in [2.05, 4.69) is 57.2 Å². The SMILES string of the molecule is CC=CC(=CC(C)C)c1ccc(OC)c(C23CC4CC(CC(C4)C2)C3)c1. The van der Waals surface area contributed by atoms with E-state index in [9.17, 15) is 0 Å². The van der Waals surface area contributed by atoms with Crippen molar-refractivity contribution in [1.29, 1.82) is 0 Å². The Morgan fingerprint density at radius 3 is 2.19 bits per heavy atom. The van der Waals surface area contributed by atoms with Gasteiger partial charge < -0.3 is 4.74 Å². The van der Waals surface area contributed by atoms with Crippen LogP contribution in [0.1, 0.15) is 70.4 Å². The second kappa shape index (κ2) is 6.91. The summed E-state index contributed by atoms with van der Waals surface area (Å²) in [5, 5.41) is 0. The maximum Gasteiger partial charge on any atom is 0.122 e. The average molecular weight is 351 g/mol. The van der Waals surface area contributed by atoms with Crippen LogP contribution in [0.25, 0.3) is 5.57 Å². The number of rotatable bonds is 5. The molecule has 0 aromatic heterocycles. The molecule has 1 aromatic rings. The number of hydrogen-bond donors (Lipinski definition) is 0. The summed E-state index contributed by atoms with van der Waals surface area (Å²) in [6, 6.07) is 6.94. The fraction of sp³-hybridized carbons (Fsp3) is 0.600. The van der Waals surface area contributed by atoms with Crippen molar-refractivity contribution in [3.05, 3.63) is 47.6 Å². The van der Waals surface area contributed by atoms with Crippen molar-refractivity contribution >= 4 is 5.57 Å². The number of benzene rings is 1. The molecular weight excluding hydrogens is 316 g/mol. The van der Waals surface area contributed by atoms with E-state index in [0.29, 0.717) is 11.3 Å². The smallest absolute Gasteiger partial charge is 0.122 e. The van der Waals surface area contributed by atoms with E-state index in [1.54, 1.807) is 0 Å². The van der Waals surface area contributed by atoms with Gasteiger partial charge in [0.15, 0.2) is 0 Å². The van der Waals surface area contributed by atoms with Gasteiger partial charge in [-0.15, -0.1) is 0 Å². The zero-order valence-corrected chi connectivity index (χ0v) is 16.9. The summed E-state index contributed by atoms with van der Waals surface area (Å²) in [4.78, 5) is 0. The molecule has 0 aliphatic heterocycles. The Morgan fingerprint density at radius 1 is 1.08 bits per heavy atom. The van der Waals surface area contributed by atoms with E-state index < -0.39 is 0 Å². The van der Waals surface area contributed by atoms with Gasteiger partial charge in [-0.2, -0.15) is 0 Å². The summed E-state index contributed by atoms with van der Waals surface area (Å²) in [5.74, 6) is 4.52. The molecule has 0 radical (unpaired) electrons. The molecule has 140 valence electrons. The van der Waals surface area contributed by atoms with E-state index in [1.807, 2.05) is 7.11 Å². The van der Waals surface area contributed by atoms with Crippen LogP contribution in [0, 0.1) is 23.7 Å². The predicted molar refractivity (Wildman–Crippen MR) is 110 cm³/mol. The third kappa shape index (κ3) is 3.15. The first-order valence-electron chi connectivity index (χ1n) is 10.6. The number of ether oxygens (including phenoxy) is 1. The Hall–Kier alpha value is -1.50. The maximum absolute atomic E-state index is 5.87. The first-order chi connectivity index (χ1) is 12.5. The first-order valence-corrected chi connectivity index (χ1v) is 10.6. The molecule has 1 aromatic carbocycles. The van der Waals surface area contributed by atoms with Crippen molar-refractivity contribution < 1.29 is 4.74 Å². The Labute approximate surface area is 159 Å². The van der Waals surface area contributed by atoms with Gasteiger partial charge in [-0.05, 0) is 97.8 Å². The lowest BCUT2D eigenvalue weighted by Gasteiger charge is -2.57. The van der Waals surface area contributed by atoms with E-state index in [-0.39, 0.29) is 0 Å². The van der Waals surface area contributed by atoms with Gasteiger partial charge in [0.05, 0.1) is 7.11 Å². The van der Waals surface area contributed by atoms with Crippen LogP contribution < -0.4 is 4.74 Å². The zero-order valence-electron chi connectivity index (χ0n) is 16.9. The van der Waals surface area contributed by atoms with Gasteiger partial charge in [0, 0.05) is 5.56 Å². The maximum atomic E-state index is 5.87. The molecule has 0 atom stereocenters. The van der Waals surface area contributed by atoms with E-state index in [0.717, 1.165) is 23.5 Å². The van der Waals surface area contributed by atoms with Crippen molar-refractivity contribution in [2.24, 2.45) is 23.7 Å². The minimum atomic E-state index is 0.370. The lowest BCUT2D eigenvalue weighted by molar-refractivity contribution is -0.00616. The van der Waals surface area contributed by atoms with Crippen LogP contribution >= 0.6 is 0 Å². The highest BCUT2D eigenvalue weighted by atomic mass is 16.5. The lowest BCUT2D eigenvalue weighted by Crippen LogP contribution is -2.48. The van der Waals surface area contributed by atoms with Gasteiger partial charge >= 0.3 is 0 Å². The molecule has 0 unspecified atom stereocenters. The van der Waals surface area contributed by atoms with Crippen LogP contribution in [0.5, 0.6) is 5.75 Å². The molecule has 5 rings (SSSR count). The van der Waals surface area contributed by atoms with Gasteiger partial charge in [-0.3, -0.25) is 0 Å². The summed E-state index contributed by atoms with van der Waals surface area (Å²) >= 11 is 0. The second-order valence-electron chi connectivity index (χ2n) is 9.48. The molecule has 0 spiro atoms. The highest BCUT2D eigenvalue weighted by molar-refractivity contribution is 5.75. The number of allylic oxidation sites excluding steroid dienone is 4. The molecule has 4 saturated carbocycles. The molecule has 0 amide bonds. The predicted octanol–water partition coefficient (Wildman–Crippen LogP) is 6.78. The number of hydrogen-bond acceptors (Lipinski definition) is 1. The van der Waals surface area contributed by atoms with E-state index >= 15 is 0 Å². The van der Waals surface area contributed by atoms with E-state index in [4.69, 9.17) is 4.74 Å². The van der Waals surface area contributed by atoms with Gasteiger partial charge in [-0.25, -0.2) is 0 Å². The molecule has 0 heterocycles. The molecule has 4 fully saturated rings. The van der Waals surface area contributed by atoms with Crippen molar-refractivity contribution in [1.82, 2.24) is 0 Å². The summed E-state index contributed by atoms with van der Waals surface area (Å²) in [5.41, 5.74) is 4.56. The summed E-state index contributed by atoms with van der Waals surface area (Å²) in [7, 11) is 1.84. The monoisotopic (exact) mass is 350 g/mol. The molecule has 0 N–H and O–H groups in total. The van der Waals surface area contributed by atoms with Crippen LogP contribution in [-0.4, -0.2) is 7.11 Å². The molecular formula is C25H34O. The topological polar surface area (TPSA) is 9.23 Å². The molecule has 4 aliphatic carbocycles. The highest BCUT2D eigenvalue weighted by Gasteiger charge is 2.52.